The number of ether oxygens (including phenoxy) is 1. The number of hydrogen-bond acceptors (Lipinski definition) is 3. The highest BCUT2D eigenvalue weighted by atomic mass is 16.5. The Labute approximate surface area is 78.4 Å². The highest BCUT2D eigenvalue weighted by Gasteiger charge is 2.30. The molecule has 0 aromatic rings. The van der Waals surface area contributed by atoms with Gasteiger partial charge in [0.2, 0.25) is 0 Å². The second-order valence-electron chi connectivity index (χ2n) is 3.75. The van der Waals surface area contributed by atoms with Crippen molar-refractivity contribution in [1.82, 2.24) is 4.90 Å². The third-order valence-corrected chi connectivity index (χ3v) is 2.94. The smallest absolute Gasteiger partial charge is 0.333 e. The van der Waals surface area contributed by atoms with Crippen molar-refractivity contribution in [2.24, 2.45) is 5.92 Å². The van der Waals surface area contributed by atoms with Gasteiger partial charge in [-0.3, -0.25) is 4.90 Å². The summed E-state index contributed by atoms with van der Waals surface area (Å²) in [6, 6.07) is 0. The maximum absolute atomic E-state index is 11.4. The van der Waals surface area contributed by atoms with Crippen LogP contribution in [0.4, 0.5) is 0 Å². The van der Waals surface area contributed by atoms with E-state index in [0.29, 0.717) is 5.92 Å². The van der Waals surface area contributed by atoms with Gasteiger partial charge in [0.25, 0.3) is 0 Å². The highest BCUT2D eigenvalue weighted by molar-refractivity contribution is 5.89. The number of hydrogen-bond donors (Lipinski definition) is 0. The largest absolute Gasteiger partial charge is 0.466 e. The molecule has 3 nitrogen and oxygen atoms in total. The molecule has 0 aliphatic carbocycles. The van der Waals surface area contributed by atoms with Crippen LogP contribution in [0.25, 0.3) is 0 Å². The van der Waals surface area contributed by atoms with Crippen LogP contribution in [-0.4, -0.2) is 37.6 Å². The van der Waals surface area contributed by atoms with Gasteiger partial charge in [0, 0.05) is 24.6 Å². The van der Waals surface area contributed by atoms with Crippen molar-refractivity contribution in [1.29, 1.82) is 0 Å². The van der Waals surface area contributed by atoms with Gasteiger partial charge in [-0.2, -0.15) is 0 Å². The Balaban J connectivity index is 2.14. The monoisotopic (exact) mass is 181 g/mol. The summed E-state index contributed by atoms with van der Waals surface area (Å²) in [5.74, 6) is 0.293. The Morgan fingerprint density at radius 2 is 2.54 bits per heavy atom. The first kappa shape index (κ1) is 8.75. The molecule has 2 bridgehead atoms. The summed E-state index contributed by atoms with van der Waals surface area (Å²) in [6.07, 6.45) is 4.37. The molecule has 2 rings (SSSR count). The van der Waals surface area contributed by atoms with E-state index in [1.165, 1.54) is 20.1 Å². The lowest BCUT2D eigenvalue weighted by atomic mass is 9.87. The van der Waals surface area contributed by atoms with Gasteiger partial charge in [0.15, 0.2) is 0 Å². The molecule has 2 unspecified atom stereocenters. The summed E-state index contributed by atoms with van der Waals surface area (Å²) < 4.78 is 4.76. The second-order valence-corrected chi connectivity index (χ2v) is 3.75. The Kier molecular flexibility index (Phi) is 2.36. The van der Waals surface area contributed by atoms with Crippen molar-refractivity contribution in [2.45, 2.75) is 12.8 Å². The highest BCUT2D eigenvalue weighted by Crippen LogP contribution is 2.27. The van der Waals surface area contributed by atoms with Gasteiger partial charge in [-0.05, 0) is 19.4 Å². The second kappa shape index (κ2) is 3.50. The minimum Gasteiger partial charge on any atom is -0.466 e. The quantitative estimate of drug-likeness (QED) is 0.561. The predicted octanol–water partition coefficient (Wildman–Crippen LogP) is 0.811. The van der Waals surface area contributed by atoms with Crippen LogP contribution in [0.3, 0.4) is 0 Å². The van der Waals surface area contributed by atoms with Crippen LogP contribution in [0.1, 0.15) is 12.8 Å². The van der Waals surface area contributed by atoms with E-state index in [4.69, 9.17) is 4.74 Å². The molecule has 13 heavy (non-hydrogen) atoms. The summed E-state index contributed by atoms with van der Waals surface area (Å²) in [5.41, 5.74) is 0.901. The molecular formula is C10H15NO2. The Bertz CT molecular complexity index is 247. The molecule has 2 aliphatic heterocycles. The number of esters is 1. The molecule has 3 heteroatoms. The van der Waals surface area contributed by atoms with Gasteiger partial charge in [0.05, 0.1) is 7.11 Å². The molecule has 1 saturated heterocycles. The maximum atomic E-state index is 11.4. The first-order chi connectivity index (χ1) is 6.31. The van der Waals surface area contributed by atoms with Gasteiger partial charge >= 0.3 is 5.97 Å². The molecule has 0 radical (unpaired) electrons. The zero-order chi connectivity index (χ0) is 9.26. The zero-order valence-electron chi connectivity index (χ0n) is 7.95. The summed E-state index contributed by atoms with van der Waals surface area (Å²) in [4.78, 5) is 13.7. The van der Waals surface area contributed by atoms with Crippen LogP contribution in [0.15, 0.2) is 11.6 Å². The summed E-state index contributed by atoms with van der Waals surface area (Å²) in [6.45, 7) is 3.14. The molecule has 72 valence electrons. The summed E-state index contributed by atoms with van der Waals surface area (Å²) >= 11 is 0. The molecule has 0 aromatic heterocycles. The Hall–Kier alpha value is -0.830. The minimum absolute atomic E-state index is 0.133. The Morgan fingerprint density at radius 1 is 1.69 bits per heavy atom. The molecule has 0 spiro atoms. The van der Waals surface area contributed by atoms with Crippen molar-refractivity contribution in [3.63, 3.8) is 0 Å². The SMILES string of the molecule is COC(=O)C1=CCN2CCCC1C2. The van der Waals surface area contributed by atoms with E-state index >= 15 is 0 Å². The molecule has 2 heterocycles. The summed E-state index contributed by atoms with van der Waals surface area (Å²) in [7, 11) is 1.46. The van der Waals surface area contributed by atoms with Crippen LogP contribution in [0.5, 0.6) is 0 Å². The van der Waals surface area contributed by atoms with E-state index in [1.807, 2.05) is 6.08 Å². The Morgan fingerprint density at radius 3 is 3.31 bits per heavy atom. The number of piperidine rings is 1. The van der Waals surface area contributed by atoms with Crippen LogP contribution in [0, 0.1) is 5.92 Å². The number of methoxy groups -OCH3 is 1. The van der Waals surface area contributed by atoms with Crippen LogP contribution in [-0.2, 0) is 9.53 Å². The van der Waals surface area contributed by atoms with E-state index in [-0.39, 0.29) is 5.97 Å². The van der Waals surface area contributed by atoms with Crippen molar-refractivity contribution < 1.29 is 9.53 Å². The lowest BCUT2D eigenvalue weighted by molar-refractivity contribution is -0.137. The molecule has 0 aromatic carbocycles. The number of nitrogens with zero attached hydrogens (tertiary/aromatic N) is 1. The predicted molar refractivity (Wildman–Crippen MR) is 49.3 cm³/mol. The molecule has 0 N–H and O–H groups in total. The average molecular weight is 181 g/mol. The van der Waals surface area contributed by atoms with E-state index in [0.717, 1.165) is 25.1 Å². The molecule has 2 aliphatic rings. The summed E-state index contributed by atoms with van der Waals surface area (Å²) in [5, 5.41) is 0. The number of carbonyl (C=O) groups is 1. The van der Waals surface area contributed by atoms with E-state index in [9.17, 15) is 4.79 Å². The van der Waals surface area contributed by atoms with Crippen LogP contribution in [0.2, 0.25) is 0 Å². The number of carbonyl (C=O) groups excluding carboxylic acids is 1. The third kappa shape index (κ3) is 1.61. The first-order valence-corrected chi connectivity index (χ1v) is 4.82. The lowest BCUT2D eigenvalue weighted by Gasteiger charge is -2.36. The normalized spacial score (nSPS) is 32.2. The van der Waals surface area contributed by atoms with Crippen LogP contribution >= 0.6 is 0 Å². The fourth-order valence-corrected chi connectivity index (χ4v) is 2.24. The minimum atomic E-state index is -0.133. The molecule has 2 atom stereocenters. The van der Waals surface area contributed by atoms with E-state index < -0.39 is 0 Å². The molecule has 0 amide bonds. The van der Waals surface area contributed by atoms with E-state index in [2.05, 4.69) is 4.90 Å². The standard InChI is InChI=1S/C10H15NO2/c1-13-10(12)9-4-6-11-5-2-3-8(9)7-11/h4,8H,2-3,5-7H2,1H3. The lowest BCUT2D eigenvalue weighted by Crippen LogP contribution is -2.41. The van der Waals surface area contributed by atoms with Crippen LogP contribution < -0.4 is 0 Å². The molecule has 1 fully saturated rings. The van der Waals surface area contributed by atoms with Gasteiger partial charge < -0.3 is 4.74 Å². The van der Waals surface area contributed by atoms with Crippen molar-refractivity contribution in [3.05, 3.63) is 11.6 Å². The van der Waals surface area contributed by atoms with Gasteiger partial charge in [0.1, 0.15) is 0 Å². The number of fused-ring (bicyclic) bond motifs is 2. The average Bonchev–Trinajstić information content (AvgIpc) is 2.18. The van der Waals surface area contributed by atoms with Crippen molar-refractivity contribution in [2.75, 3.05) is 26.7 Å². The topological polar surface area (TPSA) is 29.5 Å². The zero-order valence-corrected chi connectivity index (χ0v) is 7.95. The third-order valence-electron chi connectivity index (χ3n) is 2.94. The number of rotatable bonds is 1. The fraction of sp³-hybridized carbons (Fsp3) is 0.700. The molecule has 0 saturated carbocycles. The van der Waals surface area contributed by atoms with Gasteiger partial charge in [-0.15, -0.1) is 0 Å². The van der Waals surface area contributed by atoms with Crippen molar-refractivity contribution >= 4 is 5.97 Å². The van der Waals surface area contributed by atoms with Crippen molar-refractivity contribution in [3.8, 4) is 0 Å². The van der Waals surface area contributed by atoms with E-state index in [1.54, 1.807) is 0 Å². The maximum Gasteiger partial charge on any atom is 0.333 e. The fourth-order valence-electron chi connectivity index (χ4n) is 2.24. The van der Waals surface area contributed by atoms with Gasteiger partial charge in [-0.25, -0.2) is 4.79 Å². The van der Waals surface area contributed by atoms with Gasteiger partial charge in [-0.1, -0.05) is 6.08 Å². The molecular weight excluding hydrogens is 166 g/mol. The first-order valence-electron chi connectivity index (χ1n) is 4.82.